The highest BCUT2D eigenvalue weighted by atomic mass is 16.5. The molecule has 1 aliphatic carbocycles. The Morgan fingerprint density at radius 3 is 3.00 bits per heavy atom. The van der Waals surface area contributed by atoms with Crippen molar-refractivity contribution in [3.8, 4) is 0 Å². The normalized spacial score (nSPS) is 21.1. The molecule has 1 N–H and O–H groups in total. The van der Waals surface area contributed by atoms with Crippen LogP contribution in [0.4, 0.5) is 4.79 Å². The number of ether oxygens (including phenoxy) is 2. The molecule has 4 heteroatoms. The van der Waals surface area contributed by atoms with Crippen molar-refractivity contribution in [1.29, 1.82) is 0 Å². The van der Waals surface area contributed by atoms with Gasteiger partial charge in [0.15, 0.2) is 0 Å². The Labute approximate surface area is 94.6 Å². The molecule has 0 spiro atoms. The third-order valence-electron chi connectivity index (χ3n) is 2.80. The molecule has 0 aromatic carbocycles. The number of amides is 1. The minimum absolute atomic E-state index is 0.138. The molecule has 4 nitrogen and oxygen atoms in total. The van der Waals surface area contributed by atoms with Gasteiger partial charge in [0.2, 0.25) is 0 Å². The molecule has 1 heterocycles. The number of methoxy groups -OCH3 is 1. The van der Waals surface area contributed by atoms with Gasteiger partial charge in [-0.3, -0.25) is 5.32 Å². The van der Waals surface area contributed by atoms with Gasteiger partial charge in [0.25, 0.3) is 0 Å². The van der Waals surface area contributed by atoms with E-state index in [1.807, 2.05) is 12.2 Å². The van der Waals surface area contributed by atoms with E-state index in [2.05, 4.69) is 23.9 Å². The fourth-order valence-electron chi connectivity index (χ4n) is 2.02. The molecule has 0 saturated heterocycles. The van der Waals surface area contributed by atoms with Gasteiger partial charge in [-0.25, -0.2) is 4.79 Å². The average Bonchev–Trinajstić information content (AvgIpc) is 2.50. The van der Waals surface area contributed by atoms with E-state index < -0.39 is 6.09 Å². The lowest BCUT2D eigenvalue weighted by Crippen LogP contribution is -2.30. The van der Waals surface area contributed by atoms with Crippen molar-refractivity contribution in [2.75, 3.05) is 7.11 Å². The minimum atomic E-state index is -0.463. The van der Waals surface area contributed by atoms with Gasteiger partial charge in [-0.2, -0.15) is 0 Å². The lowest BCUT2D eigenvalue weighted by atomic mass is 9.89. The van der Waals surface area contributed by atoms with Gasteiger partial charge in [-0.15, -0.1) is 0 Å². The summed E-state index contributed by atoms with van der Waals surface area (Å²) in [4.78, 5) is 11.3. The number of nitrogens with one attached hydrogen (secondary N) is 1. The summed E-state index contributed by atoms with van der Waals surface area (Å²) in [6.07, 6.45) is 5.86. The second kappa shape index (κ2) is 3.70. The highest BCUT2D eigenvalue weighted by Crippen LogP contribution is 2.45. The molecule has 2 aliphatic rings. The molecule has 0 unspecified atom stereocenters. The first kappa shape index (κ1) is 10.8. The number of carbonyl (C=O) groups excluding carboxylic acids is 1. The predicted octanol–water partition coefficient (Wildman–Crippen LogP) is 2.45. The Morgan fingerprint density at radius 2 is 2.31 bits per heavy atom. The molecule has 0 atom stereocenters. The van der Waals surface area contributed by atoms with E-state index in [1.165, 1.54) is 7.11 Å². The number of allylic oxidation sites excluding steroid dienone is 4. The smallest absolute Gasteiger partial charge is 0.411 e. The fourth-order valence-corrected chi connectivity index (χ4v) is 2.02. The summed E-state index contributed by atoms with van der Waals surface area (Å²) in [5.41, 5.74) is 1.76. The number of alkyl carbamates (subject to hydrolysis) is 1. The van der Waals surface area contributed by atoms with Crippen LogP contribution in [0.5, 0.6) is 0 Å². The van der Waals surface area contributed by atoms with Crippen molar-refractivity contribution in [2.24, 2.45) is 5.41 Å². The summed E-state index contributed by atoms with van der Waals surface area (Å²) in [5.74, 6) is 0.748. The standard InChI is InChI=1S/C12H15NO3/c1-12(2)7-8-5-4-6-16-9(8)10(12)13-11(14)15-3/h4-6H,7H2,1-3H3,(H,13,14). The lowest BCUT2D eigenvalue weighted by Gasteiger charge is -2.21. The number of hydrogen-bond donors (Lipinski definition) is 1. The fraction of sp³-hybridized carbons (Fsp3) is 0.417. The summed E-state index contributed by atoms with van der Waals surface area (Å²) in [7, 11) is 1.35. The first-order valence-electron chi connectivity index (χ1n) is 5.17. The zero-order valence-electron chi connectivity index (χ0n) is 9.66. The largest absolute Gasteiger partial charge is 0.463 e. The monoisotopic (exact) mass is 221 g/mol. The second-order valence-corrected chi connectivity index (χ2v) is 4.52. The van der Waals surface area contributed by atoms with Gasteiger partial charge in [0, 0.05) is 5.41 Å². The lowest BCUT2D eigenvalue weighted by molar-refractivity contribution is 0.171. The molecule has 1 aliphatic heterocycles. The summed E-state index contributed by atoms with van der Waals surface area (Å²) < 4.78 is 10.1. The van der Waals surface area contributed by atoms with Crippen molar-refractivity contribution in [3.63, 3.8) is 0 Å². The molecule has 0 saturated carbocycles. The van der Waals surface area contributed by atoms with Crippen LogP contribution in [0.15, 0.2) is 35.4 Å². The topological polar surface area (TPSA) is 47.6 Å². The van der Waals surface area contributed by atoms with Gasteiger partial charge in [0.1, 0.15) is 5.76 Å². The van der Waals surface area contributed by atoms with Crippen LogP contribution in [0.2, 0.25) is 0 Å². The van der Waals surface area contributed by atoms with E-state index in [4.69, 9.17) is 4.74 Å². The Kier molecular flexibility index (Phi) is 2.50. The van der Waals surface area contributed by atoms with E-state index in [0.717, 1.165) is 23.5 Å². The highest BCUT2D eigenvalue weighted by Gasteiger charge is 2.38. The quantitative estimate of drug-likeness (QED) is 0.739. The first-order valence-corrected chi connectivity index (χ1v) is 5.17. The molecule has 86 valence electrons. The van der Waals surface area contributed by atoms with Crippen molar-refractivity contribution >= 4 is 6.09 Å². The number of carbonyl (C=O) groups is 1. The van der Waals surface area contributed by atoms with Crippen LogP contribution in [-0.4, -0.2) is 13.2 Å². The van der Waals surface area contributed by atoms with Gasteiger partial charge < -0.3 is 9.47 Å². The van der Waals surface area contributed by atoms with Gasteiger partial charge in [0.05, 0.1) is 19.1 Å². The zero-order chi connectivity index (χ0) is 11.8. The Balaban J connectivity index is 2.34. The maximum absolute atomic E-state index is 11.3. The number of hydrogen-bond acceptors (Lipinski definition) is 3. The van der Waals surface area contributed by atoms with Crippen LogP contribution in [0.25, 0.3) is 0 Å². The van der Waals surface area contributed by atoms with Gasteiger partial charge in [-0.1, -0.05) is 19.9 Å². The maximum atomic E-state index is 11.3. The molecule has 0 aromatic heterocycles. The van der Waals surface area contributed by atoms with Crippen molar-refractivity contribution in [3.05, 3.63) is 35.4 Å². The zero-order valence-corrected chi connectivity index (χ0v) is 9.66. The van der Waals surface area contributed by atoms with E-state index in [0.29, 0.717) is 0 Å². The van der Waals surface area contributed by atoms with Crippen LogP contribution in [-0.2, 0) is 9.47 Å². The van der Waals surface area contributed by atoms with E-state index in [-0.39, 0.29) is 5.41 Å². The molecule has 0 aromatic rings. The summed E-state index contributed by atoms with van der Waals surface area (Å²) in [5, 5.41) is 2.74. The third kappa shape index (κ3) is 1.71. The number of fused-ring (bicyclic) bond motifs is 1. The van der Waals surface area contributed by atoms with Crippen molar-refractivity contribution in [1.82, 2.24) is 5.32 Å². The van der Waals surface area contributed by atoms with E-state index in [1.54, 1.807) is 6.26 Å². The average molecular weight is 221 g/mol. The van der Waals surface area contributed by atoms with Gasteiger partial charge in [-0.05, 0) is 18.1 Å². The molecule has 1 amide bonds. The van der Waals surface area contributed by atoms with Crippen molar-refractivity contribution in [2.45, 2.75) is 20.3 Å². The molecule has 2 rings (SSSR count). The third-order valence-corrected chi connectivity index (χ3v) is 2.80. The highest BCUT2D eigenvalue weighted by molar-refractivity contribution is 5.71. The SMILES string of the molecule is COC(=O)NC1=C2OC=CC=C2CC1(C)C. The van der Waals surface area contributed by atoms with Crippen LogP contribution in [0.1, 0.15) is 20.3 Å². The molecular weight excluding hydrogens is 206 g/mol. The Bertz CT molecular complexity index is 416. The Morgan fingerprint density at radius 1 is 1.56 bits per heavy atom. The van der Waals surface area contributed by atoms with Crippen molar-refractivity contribution < 1.29 is 14.3 Å². The van der Waals surface area contributed by atoms with Crippen LogP contribution in [0.3, 0.4) is 0 Å². The molecule has 0 fully saturated rings. The van der Waals surface area contributed by atoms with Gasteiger partial charge >= 0.3 is 6.09 Å². The van der Waals surface area contributed by atoms with Crippen LogP contribution >= 0.6 is 0 Å². The Hall–Kier alpha value is -1.71. The second-order valence-electron chi connectivity index (χ2n) is 4.52. The van der Waals surface area contributed by atoms with Crippen LogP contribution in [0, 0.1) is 5.41 Å². The summed E-state index contributed by atoms with van der Waals surface area (Å²) >= 11 is 0. The molecule has 16 heavy (non-hydrogen) atoms. The molecule has 0 bridgehead atoms. The van der Waals surface area contributed by atoms with Crippen LogP contribution < -0.4 is 5.32 Å². The molecular formula is C12H15NO3. The predicted molar refractivity (Wildman–Crippen MR) is 59.3 cm³/mol. The first-order chi connectivity index (χ1) is 7.54. The maximum Gasteiger partial charge on any atom is 0.411 e. The number of rotatable bonds is 1. The summed E-state index contributed by atoms with van der Waals surface area (Å²) in [6.45, 7) is 4.13. The molecule has 0 radical (unpaired) electrons. The minimum Gasteiger partial charge on any atom is -0.463 e. The van der Waals surface area contributed by atoms with E-state index in [9.17, 15) is 4.79 Å². The summed E-state index contributed by atoms with van der Waals surface area (Å²) in [6, 6.07) is 0. The van der Waals surface area contributed by atoms with E-state index >= 15 is 0 Å².